The van der Waals surface area contributed by atoms with E-state index in [0.29, 0.717) is 48.3 Å². The van der Waals surface area contributed by atoms with Crippen LogP contribution in [-0.2, 0) is 9.59 Å². The molecule has 1 saturated heterocycles. The van der Waals surface area contributed by atoms with E-state index in [4.69, 9.17) is 16.3 Å². The molecular formula is C30H33ClFN3O3. The van der Waals surface area contributed by atoms with Gasteiger partial charge >= 0.3 is 0 Å². The maximum absolute atomic E-state index is 14.1. The third kappa shape index (κ3) is 6.34. The van der Waals surface area contributed by atoms with E-state index < -0.39 is 17.8 Å². The number of piperazine rings is 1. The molecular weight excluding hydrogens is 505 g/mol. The van der Waals surface area contributed by atoms with Crippen molar-refractivity contribution in [3.8, 4) is 11.5 Å². The van der Waals surface area contributed by atoms with E-state index in [2.05, 4.69) is 19.2 Å². The fourth-order valence-electron chi connectivity index (χ4n) is 4.71. The normalized spacial score (nSPS) is 16.3. The molecule has 0 spiro atoms. The number of alkyl halides is 1. The maximum atomic E-state index is 14.1. The quantitative estimate of drug-likeness (QED) is 0.375. The van der Waals surface area contributed by atoms with Crippen LogP contribution in [0, 0.1) is 18.7 Å². The van der Waals surface area contributed by atoms with Crippen LogP contribution < -0.4 is 15.0 Å². The van der Waals surface area contributed by atoms with Gasteiger partial charge in [-0.15, -0.1) is 11.6 Å². The van der Waals surface area contributed by atoms with Gasteiger partial charge < -0.3 is 15.0 Å². The van der Waals surface area contributed by atoms with Gasteiger partial charge in [0.1, 0.15) is 29.2 Å². The monoisotopic (exact) mass is 537 g/mol. The van der Waals surface area contributed by atoms with Gasteiger partial charge in [-0.05, 0) is 66.4 Å². The van der Waals surface area contributed by atoms with E-state index in [-0.39, 0.29) is 17.8 Å². The summed E-state index contributed by atoms with van der Waals surface area (Å²) in [6.07, 6.45) is 0. The van der Waals surface area contributed by atoms with Crippen molar-refractivity contribution in [3.05, 3.63) is 89.7 Å². The van der Waals surface area contributed by atoms with Crippen LogP contribution >= 0.6 is 11.6 Å². The lowest BCUT2D eigenvalue weighted by molar-refractivity contribution is -0.135. The summed E-state index contributed by atoms with van der Waals surface area (Å²) in [6.45, 7) is 7.74. The lowest BCUT2D eigenvalue weighted by Crippen LogP contribution is -2.57. The first-order valence-electron chi connectivity index (χ1n) is 12.8. The zero-order valence-corrected chi connectivity index (χ0v) is 22.6. The van der Waals surface area contributed by atoms with E-state index in [9.17, 15) is 14.0 Å². The summed E-state index contributed by atoms with van der Waals surface area (Å²) in [6, 6.07) is 19.6. The topological polar surface area (TPSA) is 61.9 Å². The van der Waals surface area contributed by atoms with Crippen LogP contribution in [0.5, 0.6) is 11.5 Å². The number of rotatable bonds is 8. The van der Waals surface area contributed by atoms with Gasteiger partial charge in [-0.3, -0.25) is 14.5 Å². The molecule has 0 radical (unpaired) electrons. The fourth-order valence-corrected chi connectivity index (χ4v) is 4.84. The zero-order chi connectivity index (χ0) is 27.2. The highest BCUT2D eigenvalue weighted by molar-refractivity contribution is 6.30. The predicted octanol–water partition coefficient (Wildman–Crippen LogP) is 5.70. The maximum Gasteiger partial charge on any atom is 0.250 e. The highest BCUT2D eigenvalue weighted by atomic mass is 35.5. The average Bonchev–Trinajstić information content (AvgIpc) is 2.93. The zero-order valence-electron chi connectivity index (χ0n) is 21.9. The number of anilines is 1. The van der Waals surface area contributed by atoms with Gasteiger partial charge in [0.25, 0.3) is 5.91 Å². The van der Waals surface area contributed by atoms with E-state index in [0.717, 1.165) is 5.56 Å². The lowest BCUT2D eigenvalue weighted by atomic mass is 9.98. The van der Waals surface area contributed by atoms with E-state index in [1.165, 1.54) is 17.0 Å². The molecule has 2 amide bonds. The Hall–Kier alpha value is -3.42. The second-order valence-electron chi connectivity index (χ2n) is 9.80. The molecule has 2 atom stereocenters. The van der Waals surface area contributed by atoms with Crippen LogP contribution in [0.4, 0.5) is 10.1 Å². The summed E-state index contributed by atoms with van der Waals surface area (Å²) in [5.41, 5.74) is 1.78. The van der Waals surface area contributed by atoms with E-state index in [1.807, 2.05) is 43.3 Å². The Kier molecular flexibility index (Phi) is 9.02. The number of carbonyl (C=O) groups is 2. The minimum atomic E-state index is -1.01. The first kappa shape index (κ1) is 27.6. The van der Waals surface area contributed by atoms with Gasteiger partial charge in [-0.1, -0.05) is 44.2 Å². The third-order valence-corrected chi connectivity index (χ3v) is 7.02. The molecule has 0 bridgehead atoms. The Labute approximate surface area is 228 Å². The molecule has 4 rings (SSSR count). The molecule has 3 aromatic carbocycles. The number of benzene rings is 3. The van der Waals surface area contributed by atoms with Gasteiger partial charge in [-0.2, -0.15) is 0 Å². The molecule has 1 unspecified atom stereocenters. The second-order valence-corrected chi connectivity index (χ2v) is 10.1. The molecule has 1 N–H and O–H groups in total. The second kappa shape index (κ2) is 12.4. The summed E-state index contributed by atoms with van der Waals surface area (Å²) in [7, 11) is 0. The van der Waals surface area contributed by atoms with Crippen molar-refractivity contribution in [1.29, 1.82) is 0 Å². The van der Waals surface area contributed by atoms with Crippen molar-refractivity contribution in [1.82, 2.24) is 10.2 Å². The summed E-state index contributed by atoms with van der Waals surface area (Å²) < 4.78 is 19.8. The molecule has 0 aromatic heterocycles. The smallest absolute Gasteiger partial charge is 0.250 e. The minimum Gasteiger partial charge on any atom is -0.457 e. The number of nitrogens with zero attached hydrogens (tertiary/aromatic N) is 2. The van der Waals surface area contributed by atoms with Crippen LogP contribution in [0.3, 0.4) is 0 Å². The Balaban J connectivity index is 1.74. The number of hydrogen-bond acceptors (Lipinski definition) is 4. The molecule has 1 aliphatic rings. The van der Waals surface area contributed by atoms with Crippen LogP contribution in [0.15, 0.2) is 72.8 Å². The molecule has 200 valence electrons. The highest BCUT2D eigenvalue weighted by Gasteiger charge is 2.37. The highest BCUT2D eigenvalue weighted by Crippen LogP contribution is 2.35. The van der Waals surface area contributed by atoms with E-state index in [1.54, 1.807) is 29.2 Å². The molecule has 0 aliphatic carbocycles. The summed E-state index contributed by atoms with van der Waals surface area (Å²) in [5.74, 6) is 0.220. The van der Waals surface area contributed by atoms with Gasteiger partial charge in [0.2, 0.25) is 5.91 Å². The summed E-state index contributed by atoms with van der Waals surface area (Å²) in [5, 5.41) is 3.46. The van der Waals surface area contributed by atoms with Gasteiger partial charge in [0.15, 0.2) is 0 Å². The number of hydrogen-bond donors (Lipinski definition) is 1. The summed E-state index contributed by atoms with van der Waals surface area (Å²) >= 11 is 6.09. The van der Waals surface area contributed by atoms with Gasteiger partial charge in [0, 0.05) is 31.4 Å². The van der Waals surface area contributed by atoms with Crippen LogP contribution in [0.25, 0.3) is 0 Å². The van der Waals surface area contributed by atoms with Crippen molar-refractivity contribution < 1.29 is 18.7 Å². The van der Waals surface area contributed by atoms with Crippen LogP contribution in [0.2, 0.25) is 0 Å². The molecule has 8 heteroatoms. The number of amides is 2. The molecule has 38 heavy (non-hydrogen) atoms. The predicted molar refractivity (Wildman–Crippen MR) is 148 cm³/mol. The van der Waals surface area contributed by atoms with Crippen molar-refractivity contribution in [2.75, 3.05) is 30.4 Å². The minimum absolute atomic E-state index is 0.134. The summed E-state index contributed by atoms with van der Waals surface area (Å²) in [4.78, 5) is 30.8. The van der Waals surface area contributed by atoms with Gasteiger partial charge in [-0.25, -0.2) is 4.39 Å². The molecule has 1 fully saturated rings. The lowest BCUT2D eigenvalue weighted by Gasteiger charge is -2.40. The van der Waals surface area contributed by atoms with Gasteiger partial charge in [0.05, 0.1) is 0 Å². The van der Waals surface area contributed by atoms with Crippen LogP contribution in [0.1, 0.15) is 31.0 Å². The molecule has 0 saturated carbocycles. The molecule has 6 nitrogen and oxygen atoms in total. The number of carbonyl (C=O) groups excluding carboxylic acids is 2. The largest absolute Gasteiger partial charge is 0.457 e. The van der Waals surface area contributed by atoms with Crippen molar-refractivity contribution in [3.63, 3.8) is 0 Å². The number of ether oxygens (including phenoxy) is 1. The van der Waals surface area contributed by atoms with Crippen molar-refractivity contribution in [2.24, 2.45) is 5.92 Å². The first-order chi connectivity index (χ1) is 18.3. The van der Waals surface area contributed by atoms with E-state index >= 15 is 0 Å². The van der Waals surface area contributed by atoms with Crippen molar-refractivity contribution in [2.45, 2.75) is 32.9 Å². The Bertz CT molecular complexity index is 1250. The average molecular weight is 538 g/mol. The Morgan fingerprint density at radius 3 is 2.42 bits per heavy atom. The third-order valence-electron chi connectivity index (χ3n) is 6.79. The molecule has 1 aliphatic heterocycles. The number of halogens is 2. The fraction of sp³-hybridized carbons (Fsp3) is 0.333. The van der Waals surface area contributed by atoms with Crippen LogP contribution in [-0.4, -0.2) is 48.3 Å². The number of aryl methyl sites for hydroxylation is 1. The first-order valence-corrected chi connectivity index (χ1v) is 13.3. The Morgan fingerprint density at radius 1 is 1.08 bits per heavy atom. The molecule has 1 heterocycles. The Morgan fingerprint density at radius 2 is 1.79 bits per heavy atom. The standard InChI is InChI=1S/C30H33ClFN3O3/c1-20(2)26-19-34(16-15-33-26)30(37)29(22-9-11-23(32)12-10-22)35(28(36)18-31)27-14-13-25(17-21(27)3)38-24-7-5-4-6-8-24/h4-14,17,20,26,29,33H,15-16,18-19H2,1-3H3/t26?,29-/m0/s1. The number of nitrogens with one attached hydrogen (secondary N) is 1. The molecule has 3 aromatic rings. The van der Waals surface area contributed by atoms with Crippen molar-refractivity contribution >= 4 is 29.1 Å². The SMILES string of the molecule is Cc1cc(Oc2ccccc2)ccc1N(C(=O)CCl)[C@H](C(=O)N1CCNC(C(C)C)C1)c1ccc(F)cc1. The number of para-hydroxylation sites is 1.